The fraction of sp³-hybridized carbons (Fsp3) is 0.211. The van der Waals surface area contributed by atoms with E-state index in [9.17, 15) is 4.79 Å². The van der Waals surface area contributed by atoms with Crippen molar-refractivity contribution < 1.29 is 4.79 Å². The lowest BCUT2D eigenvalue weighted by molar-refractivity contribution is -0.127. The average molecular weight is 352 g/mol. The number of nitrogens with one attached hydrogen (secondary N) is 1. The summed E-state index contributed by atoms with van der Waals surface area (Å²) in [7, 11) is 1.82. The summed E-state index contributed by atoms with van der Waals surface area (Å²) < 4.78 is 0. The van der Waals surface area contributed by atoms with Gasteiger partial charge in [0, 0.05) is 19.2 Å². The van der Waals surface area contributed by atoms with Crippen LogP contribution in [-0.4, -0.2) is 38.8 Å². The third-order valence-corrected chi connectivity index (χ3v) is 4.64. The first kappa shape index (κ1) is 17.2. The van der Waals surface area contributed by atoms with Crippen molar-refractivity contribution in [1.82, 2.24) is 20.1 Å². The number of hydrogen-bond donors (Lipinski definition) is 1. The summed E-state index contributed by atoms with van der Waals surface area (Å²) >= 11 is 1.34. The molecule has 0 radical (unpaired) electrons. The van der Waals surface area contributed by atoms with Crippen LogP contribution in [0.2, 0.25) is 0 Å². The highest BCUT2D eigenvalue weighted by atomic mass is 32.2. The molecule has 0 aliphatic rings. The summed E-state index contributed by atoms with van der Waals surface area (Å²) in [5, 5.41) is 7.67. The number of amides is 1. The Bertz CT molecular complexity index is 830. The van der Waals surface area contributed by atoms with Crippen LogP contribution in [-0.2, 0) is 11.3 Å². The minimum Gasteiger partial charge on any atom is -0.341 e. The Balaban J connectivity index is 1.53. The number of carbonyl (C=O) groups is 1. The molecular weight excluding hydrogens is 332 g/mol. The number of aryl methyl sites for hydroxylation is 1. The smallest absolute Gasteiger partial charge is 0.233 e. The normalized spacial score (nSPS) is 10.6. The van der Waals surface area contributed by atoms with Crippen molar-refractivity contribution in [2.24, 2.45) is 0 Å². The number of nitrogens with zero attached hydrogens (tertiary/aromatic N) is 3. The molecule has 128 valence electrons. The first-order valence-electron chi connectivity index (χ1n) is 8.02. The van der Waals surface area contributed by atoms with E-state index in [1.165, 1.54) is 17.3 Å². The number of thioether (sulfide) groups is 1. The van der Waals surface area contributed by atoms with Gasteiger partial charge in [0.1, 0.15) is 0 Å². The van der Waals surface area contributed by atoms with E-state index in [0.29, 0.717) is 23.3 Å². The van der Waals surface area contributed by atoms with Gasteiger partial charge in [-0.25, -0.2) is 4.98 Å². The lowest BCUT2D eigenvalue weighted by atomic mass is 10.1. The molecule has 5 nitrogen and oxygen atoms in total. The Morgan fingerprint density at radius 3 is 2.56 bits per heavy atom. The van der Waals surface area contributed by atoms with E-state index in [0.717, 1.165) is 11.1 Å². The molecule has 0 saturated heterocycles. The van der Waals surface area contributed by atoms with E-state index < -0.39 is 0 Å². The highest BCUT2D eigenvalue weighted by Gasteiger charge is 2.12. The SMILES string of the molecule is Cc1ccc(CN(C)C(=O)CSc2n[nH]c(-c3ccccc3)n2)cc1. The molecule has 1 heterocycles. The van der Waals surface area contributed by atoms with Crippen molar-refractivity contribution in [2.75, 3.05) is 12.8 Å². The number of carbonyl (C=O) groups excluding carboxylic acids is 1. The van der Waals surface area contributed by atoms with E-state index in [4.69, 9.17) is 0 Å². The lowest BCUT2D eigenvalue weighted by Crippen LogP contribution is -2.27. The van der Waals surface area contributed by atoms with Crippen LogP contribution in [0.25, 0.3) is 11.4 Å². The number of rotatable bonds is 6. The summed E-state index contributed by atoms with van der Waals surface area (Å²) in [5.74, 6) is 1.08. The highest BCUT2D eigenvalue weighted by Crippen LogP contribution is 2.19. The van der Waals surface area contributed by atoms with Gasteiger partial charge in [-0.1, -0.05) is 71.9 Å². The van der Waals surface area contributed by atoms with Gasteiger partial charge in [0.15, 0.2) is 5.82 Å². The van der Waals surface area contributed by atoms with Crippen molar-refractivity contribution in [2.45, 2.75) is 18.6 Å². The largest absolute Gasteiger partial charge is 0.341 e. The van der Waals surface area contributed by atoms with Gasteiger partial charge in [-0.05, 0) is 12.5 Å². The standard InChI is InChI=1S/C19H20N4OS/c1-14-8-10-15(11-9-14)12-23(2)17(24)13-25-19-20-18(21-22-19)16-6-4-3-5-7-16/h3-11H,12-13H2,1-2H3,(H,20,21,22). The van der Waals surface area contributed by atoms with Gasteiger partial charge >= 0.3 is 0 Å². The van der Waals surface area contributed by atoms with Gasteiger partial charge in [0.05, 0.1) is 5.75 Å². The van der Waals surface area contributed by atoms with Crippen LogP contribution in [0.4, 0.5) is 0 Å². The van der Waals surface area contributed by atoms with Gasteiger partial charge in [-0.3, -0.25) is 9.89 Å². The second kappa shape index (κ2) is 7.98. The maximum Gasteiger partial charge on any atom is 0.233 e. The first-order chi connectivity index (χ1) is 12.1. The molecule has 0 unspecified atom stereocenters. The zero-order valence-corrected chi connectivity index (χ0v) is 15.1. The predicted molar refractivity (Wildman–Crippen MR) is 100 cm³/mol. The van der Waals surface area contributed by atoms with E-state index in [-0.39, 0.29) is 5.91 Å². The van der Waals surface area contributed by atoms with Gasteiger partial charge in [-0.2, -0.15) is 0 Å². The lowest BCUT2D eigenvalue weighted by Gasteiger charge is -2.16. The molecule has 1 aromatic heterocycles. The van der Waals surface area contributed by atoms with Crippen LogP contribution < -0.4 is 0 Å². The minimum absolute atomic E-state index is 0.0524. The number of benzene rings is 2. The Morgan fingerprint density at radius 1 is 1.12 bits per heavy atom. The van der Waals surface area contributed by atoms with E-state index in [2.05, 4.69) is 34.2 Å². The Hall–Kier alpha value is -2.60. The van der Waals surface area contributed by atoms with E-state index in [1.54, 1.807) is 4.90 Å². The summed E-state index contributed by atoms with van der Waals surface area (Å²) in [4.78, 5) is 18.5. The van der Waals surface area contributed by atoms with Crippen molar-refractivity contribution in [3.63, 3.8) is 0 Å². The second-order valence-corrected chi connectivity index (χ2v) is 6.80. The molecule has 1 N–H and O–H groups in total. The summed E-state index contributed by atoms with van der Waals surface area (Å²) in [6.45, 7) is 2.65. The molecule has 0 saturated carbocycles. The summed E-state index contributed by atoms with van der Waals surface area (Å²) in [5.41, 5.74) is 3.31. The van der Waals surface area contributed by atoms with Crippen LogP contribution in [0, 0.1) is 6.92 Å². The zero-order valence-electron chi connectivity index (χ0n) is 14.3. The molecular formula is C19H20N4OS. The monoisotopic (exact) mass is 352 g/mol. The minimum atomic E-state index is 0.0524. The Labute approximate surface area is 151 Å². The van der Waals surface area contributed by atoms with Gasteiger partial charge < -0.3 is 4.90 Å². The molecule has 0 atom stereocenters. The molecule has 0 fully saturated rings. The molecule has 0 aliphatic heterocycles. The fourth-order valence-corrected chi connectivity index (χ4v) is 3.07. The van der Waals surface area contributed by atoms with Crippen LogP contribution in [0.1, 0.15) is 11.1 Å². The van der Waals surface area contributed by atoms with Crippen molar-refractivity contribution in [3.05, 3.63) is 65.7 Å². The summed E-state index contributed by atoms with van der Waals surface area (Å²) in [6.07, 6.45) is 0. The average Bonchev–Trinajstić information content (AvgIpc) is 3.11. The zero-order chi connectivity index (χ0) is 17.6. The predicted octanol–water partition coefficient (Wildman–Crippen LogP) is 3.53. The van der Waals surface area contributed by atoms with Gasteiger partial charge in [0.2, 0.25) is 11.1 Å². The molecule has 0 spiro atoms. The third-order valence-electron chi connectivity index (χ3n) is 3.80. The van der Waals surface area contributed by atoms with Crippen LogP contribution in [0.3, 0.4) is 0 Å². The molecule has 3 rings (SSSR count). The van der Waals surface area contributed by atoms with Crippen molar-refractivity contribution in [3.8, 4) is 11.4 Å². The van der Waals surface area contributed by atoms with E-state index >= 15 is 0 Å². The fourth-order valence-electron chi connectivity index (χ4n) is 2.33. The topological polar surface area (TPSA) is 61.9 Å². The van der Waals surface area contributed by atoms with Gasteiger partial charge in [0.25, 0.3) is 0 Å². The molecule has 6 heteroatoms. The van der Waals surface area contributed by atoms with Crippen LogP contribution >= 0.6 is 11.8 Å². The quantitative estimate of drug-likeness (QED) is 0.690. The van der Waals surface area contributed by atoms with Crippen LogP contribution in [0.15, 0.2) is 59.8 Å². The maximum absolute atomic E-state index is 12.3. The molecule has 3 aromatic rings. The molecule has 25 heavy (non-hydrogen) atoms. The number of aromatic amines is 1. The first-order valence-corrected chi connectivity index (χ1v) is 9.00. The number of H-pyrrole nitrogens is 1. The Kier molecular flexibility index (Phi) is 5.50. The molecule has 0 aliphatic carbocycles. The van der Waals surface area contributed by atoms with Gasteiger partial charge in [-0.15, -0.1) is 5.10 Å². The Morgan fingerprint density at radius 2 is 1.84 bits per heavy atom. The maximum atomic E-state index is 12.3. The third kappa shape index (κ3) is 4.70. The second-order valence-electron chi connectivity index (χ2n) is 5.86. The van der Waals surface area contributed by atoms with Crippen LogP contribution in [0.5, 0.6) is 0 Å². The number of hydrogen-bond acceptors (Lipinski definition) is 4. The summed E-state index contributed by atoms with van der Waals surface area (Å²) in [6, 6.07) is 18.0. The van der Waals surface area contributed by atoms with E-state index in [1.807, 2.05) is 49.5 Å². The van der Waals surface area contributed by atoms with Crippen molar-refractivity contribution >= 4 is 17.7 Å². The number of aromatic nitrogens is 3. The molecule has 0 bridgehead atoms. The highest BCUT2D eigenvalue weighted by molar-refractivity contribution is 7.99. The van der Waals surface area contributed by atoms with Crippen molar-refractivity contribution in [1.29, 1.82) is 0 Å². The molecule has 2 aromatic carbocycles. The molecule has 1 amide bonds.